The Morgan fingerprint density at radius 3 is 2.88 bits per heavy atom. The average molecular weight is 458 g/mol. The molecule has 0 atom stereocenters. The summed E-state index contributed by atoms with van der Waals surface area (Å²) in [4.78, 5) is 12.0. The first-order chi connectivity index (χ1) is 16.7. The Labute approximate surface area is 201 Å². The number of furan rings is 1. The molecule has 0 saturated carbocycles. The van der Waals surface area contributed by atoms with Crippen molar-refractivity contribution in [1.82, 2.24) is 0 Å². The van der Waals surface area contributed by atoms with E-state index in [4.69, 9.17) is 20.3 Å². The maximum absolute atomic E-state index is 12.0. The van der Waals surface area contributed by atoms with Crippen LogP contribution in [0.5, 0.6) is 5.75 Å². The zero-order valence-electron chi connectivity index (χ0n) is 19.7. The molecule has 0 spiro atoms. The highest BCUT2D eigenvalue weighted by Crippen LogP contribution is 2.37. The number of terminal acetylenes is 1. The van der Waals surface area contributed by atoms with E-state index in [9.17, 15) is 4.79 Å². The summed E-state index contributed by atoms with van der Waals surface area (Å²) < 4.78 is 17.4. The number of ketones is 1. The van der Waals surface area contributed by atoms with Gasteiger partial charge in [-0.2, -0.15) is 0 Å². The van der Waals surface area contributed by atoms with E-state index in [2.05, 4.69) is 36.4 Å². The first-order valence-electron chi connectivity index (χ1n) is 11.9. The lowest BCUT2D eigenvalue weighted by Crippen LogP contribution is -2.09. The van der Waals surface area contributed by atoms with Gasteiger partial charge >= 0.3 is 0 Å². The summed E-state index contributed by atoms with van der Waals surface area (Å²) in [5, 5.41) is 4.50. The molecule has 2 aromatic carbocycles. The Balaban J connectivity index is 1.31. The fourth-order valence-electron chi connectivity index (χ4n) is 4.17. The standard InChI is InChI=1S/C29H31NO4/c1-3-4-14-32-15-7-5-6-13-30-27-11-8-22(17-21(27)2)20-34-29-26-19-25(31)10-9-23(26)18-24-12-16-33-28(24)29/h1,8-12,16-18,30H,4-7,13-15,19-20H2,2H3. The lowest BCUT2D eigenvalue weighted by Gasteiger charge is -2.17. The molecule has 0 fully saturated rings. The Kier molecular flexibility index (Phi) is 8.06. The molecule has 176 valence electrons. The normalized spacial score (nSPS) is 12.5. The van der Waals surface area contributed by atoms with Crippen LogP contribution in [0, 0.1) is 19.3 Å². The van der Waals surface area contributed by atoms with Gasteiger partial charge in [0.15, 0.2) is 17.1 Å². The van der Waals surface area contributed by atoms with Gasteiger partial charge < -0.3 is 19.2 Å². The van der Waals surface area contributed by atoms with E-state index < -0.39 is 0 Å². The van der Waals surface area contributed by atoms with E-state index in [1.807, 2.05) is 18.2 Å². The van der Waals surface area contributed by atoms with E-state index in [-0.39, 0.29) is 5.78 Å². The first-order valence-corrected chi connectivity index (χ1v) is 11.9. The smallest absolute Gasteiger partial charge is 0.176 e. The van der Waals surface area contributed by atoms with Gasteiger partial charge in [-0.3, -0.25) is 4.79 Å². The van der Waals surface area contributed by atoms with Crippen molar-refractivity contribution in [2.24, 2.45) is 0 Å². The lowest BCUT2D eigenvalue weighted by atomic mass is 9.94. The van der Waals surface area contributed by atoms with Gasteiger partial charge in [0.1, 0.15) is 6.61 Å². The highest BCUT2D eigenvalue weighted by molar-refractivity contribution is 6.01. The summed E-state index contributed by atoms with van der Waals surface area (Å²) in [6.07, 6.45) is 14.6. The lowest BCUT2D eigenvalue weighted by molar-refractivity contribution is -0.114. The molecule has 0 radical (unpaired) electrons. The summed E-state index contributed by atoms with van der Waals surface area (Å²) in [5.41, 5.74) is 5.98. The monoisotopic (exact) mass is 457 g/mol. The predicted molar refractivity (Wildman–Crippen MR) is 136 cm³/mol. The second-order valence-corrected chi connectivity index (χ2v) is 8.58. The molecule has 3 aromatic rings. The van der Waals surface area contributed by atoms with Crippen molar-refractivity contribution in [3.8, 4) is 18.1 Å². The van der Waals surface area contributed by atoms with Gasteiger partial charge in [-0.15, -0.1) is 12.3 Å². The molecule has 1 N–H and O–H groups in total. The van der Waals surface area contributed by atoms with Gasteiger partial charge in [0, 0.05) is 42.6 Å². The van der Waals surface area contributed by atoms with E-state index in [0.29, 0.717) is 37.4 Å². The molecule has 4 rings (SSSR count). The number of hydrogen-bond acceptors (Lipinski definition) is 5. The number of rotatable bonds is 12. The van der Waals surface area contributed by atoms with E-state index in [0.717, 1.165) is 60.2 Å². The van der Waals surface area contributed by atoms with Crippen molar-refractivity contribution >= 4 is 28.5 Å². The van der Waals surface area contributed by atoms with Crippen molar-refractivity contribution in [3.63, 3.8) is 0 Å². The summed E-state index contributed by atoms with van der Waals surface area (Å²) in [6.45, 7) is 4.86. The predicted octanol–water partition coefficient (Wildman–Crippen LogP) is 6.08. The van der Waals surface area contributed by atoms with Gasteiger partial charge in [0.25, 0.3) is 0 Å². The van der Waals surface area contributed by atoms with Crippen molar-refractivity contribution < 1.29 is 18.7 Å². The van der Waals surface area contributed by atoms with Gasteiger partial charge in [0.05, 0.1) is 12.9 Å². The van der Waals surface area contributed by atoms with Crippen molar-refractivity contribution in [3.05, 3.63) is 64.9 Å². The summed E-state index contributed by atoms with van der Waals surface area (Å²) in [7, 11) is 0. The van der Waals surface area contributed by atoms with Crippen LogP contribution < -0.4 is 10.1 Å². The number of ether oxygens (including phenoxy) is 2. The number of aryl methyl sites for hydroxylation is 1. The van der Waals surface area contributed by atoms with E-state index in [1.54, 1.807) is 12.3 Å². The van der Waals surface area contributed by atoms with Crippen LogP contribution in [0.3, 0.4) is 0 Å². The number of unbranched alkanes of at least 4 members (excludes halogenated alkanes) is 2. The zero-order chi connectivity index (χ0) is 23.8. The Bertz CT molecular complexity index is 1210. The summed E-state index contributed by atoms with van der Waals surface area (Å²) in [5.74, 6) is 3.32. The topological polar surface area (TPSA) is 60.7 Å². The molecule has 1 heterocycles. The highest BCUT2D eigenvalue weighted by atomic mass is 16.5. The minimum atomic E-state index is 0.0750. The van der Waals surface area contributed by atoms with Crippen molar-refractivity contribution in [2.75, 3.05) is 25.1 Å². The fraction of sp³-hybridized carbons (Fsp3) is 0.345. The Morgan fingerprint density at radius 1 is 1.12 bits per heavy atom. The molecule has 34 heavy (non-hydrogen) atoms. The number of carbonyl (C=O) groups is 1. The maximum Gasteiger partial charge on any atom is 0.176 e. The molecular weight excluding hydrogens is 426 g/mol. The second kappa shape index (κ2) is 11.6. The third-order valence-corrected chi connectivity index (χ3v) is 5.98. The SMILES string of the molecule is C#CCCOCCCCCNc1ccc(COc2c3c(cc4ccoc24)C=CC(=O)C3)cc1C. The molecular formula is C29H31NO4. The van der Waals surface area contributed by atoms with Crippen LogP contribution in [-0.4, -0.2) is 25.5 Å². The molecule has 1 aromatic heterocycles. The summed E-state index contributed by atoms with van der Waals surface area (Å²) in [6, 6.07) is 10.3. The van der Waals surface area contributed by atoms with Crippen LogP contribution in [0.15, 0.2) is 47.1 Å². The van der Waals surface area contributed by atoms with Crippen molar-refractivity contribution in [2.45, 2.75) is 45.6 Å². The molecule has 0 aliphatic heterocycles. The number of allylic oxidation sites excluding steroid dienone is 1. The van der Waals surface area contributed by atoms with Gasteiger partial charge in [-0.1, -0.05) is 18.2 Å². The number of nitrogens with one attached hydrogen (secondary N) is 1. The number of hydrogen-bond donors (Lipinski definition) is 1. The quantitative estimate of drug-likeness (QED) is 0.264. The highest BCUT2D eigenvalue weighted by Gasteiger charge is 2.21. The van der Waals surface area contributed by atoms with Crippen LogP contribution in [-0.2, 0) is 22.6 Å². The largest absolute Gasteiger partial charge is 0.485 e. The molecule has 0 amide bonds. The minimum Gasteiger partial charge on any atom is -0.485 e. The molecule has 0 bridgehead atoms. The van der Waals surface area contributed by atoms with Crippen LogP contribution in [0.4, 0.5) is 5.69 Å². The first kappa shape index (κ1) is 23.7. The van der Waals surface area contributed by atoms with Crippen LogP contribution in [0.25, 0.3) is 17.0 Å². The molecule has 5 nitrogen and oxygen atoms in total. The molecule has 1 aliphatic rings. The number of benzene rings is 2. The Morgan fingerprint density at radius 2 is 2.03 bits per heavy atom. The fourth-order valence-corrected chi connectivity index (χ4v) is 4.17. The molecule has 5 heteroatoms. The van der Waals surface area contributed by atoms with Crippen molar-refractivity contribution in [1.29, 1.82) is 0 Å². The van der Waals surface area contributed by atoms with E-state index >= 15 is 0 Å². The number of carbonyl (C=O) groups excluding carboxylic acids is 1. The van der Waals surface area contributed by atoms with Gasteiger partial charge in [-0.25, -0.2) is 0 Å². The maximum atomic E-state index is 12.0. The van der Waals surface area contributed by atoms with Crippen LogP contribution >= 0.6 is 0 Å². The minimum absolute atomic E-state index is 0.0750. The zero-order valence-corrected chi connectivity index (χ0v) is 19.7. The van der Waals surface area contributed by atoms with Crippen LogP contribution in [0.2, 0.25) is 0 Å². The molecule has 1 aliphatic carbocycles. The summed E-state index contributed by atoms with van der Waals surface area (Å²) >= 11 is 0. The molecule has 0 saturated heterocycles. The molecule has 0 unspecified atom stereocenters. The average Bonchev–Trinajstić information content (AvgIpc) is 3.30. The van der Waals surface area contributed by atoms with Gasteiger partial charge in [0.2, 0.25) is 0 Å². The third-order valence-electron chi connectivity index (χ3n) is 5.98. The second-order valence-electron chi connectivity index (χ2n) is 8.58. The Hall–Kier alpha value is -3.49. The number of fused-ring (bicyclic) bond motifs is 2. The third kappa shape index (κ3) is 5.89. The van der Waals surface area contributed by atoms with Gasteiger partial charge in [-0.05, 0) is 67.2 Å². The van der Waals surface area contributed by atoms with Crippen LogP contribution in [0.1, 0.15) is 47.9 Å². The number of anilines is 1. The van der Waals surface area contributed by atoms with E-state index in [1.165, 1.54) is 5.56 Å².